The zero-order valence-electron chi connectivity index (χ0n) is 9.95. The van der Waals surface area contributed by atoms with Crippen LogP contribution in [0.15, 0.2) is 47.1 Å². The molecule has 0 atom stereocenters. The molecule has 0 radical (unpaired) electrons. The molecule has 0 bridgehead atoms. The summed E-state index contributed by atoms with van der Waals surface area (Å²) in [6, 6.07) is 11.9. The van der Waals surface area contributed by atoms with Crippen LogP contribution in [0.5, 0.6) is 0 Å². The summed E-state index contributed by atoms with van der Waals surface area (Å²) in [5.41, 5.74) is 3.11. The summed E-state index contributed by atoms with van der Waals surface area (Å²) in [4.78, 5) is 0. The second kappa shape index (κ2) is 5.23. The van der Waals surface area contributed by atoms with Crippen LogP contribution >= 0.6 is 27.5 Å². The van der Waals surface area contributed by atoms with Gasteiger partial charge < -0.3 is 5.32 Å². The van der Waals surface area contributed by atoms with E-state index in [1.54, 1.807) is 0 Å². The lowest BCUT2D eigenvalue weighted by Crippen LogP contribution is -2.00. The summed E-state index contributed by atoms with van der Waals surface area (Å²) in [5, 5.41) is 12.2. The number of hydrogen-bond donors (Lipinski definition) is 2. The molecule has 1 aromatic heterocycles. The van der Waals surface area contributed by atoms with E-state index in [9.17, 15) is 0 Å². The number of nitrogens with one attached hydrogen (secondary N) is 2. The van der Waals surface area contributed by atoms with E-state index in [0.29, 0.717) is 6.54 Å². The quantitative estimate of drug-likeness (QED) is 0.734. The first-order chi connectivity index (χ1) is 9.22. The third kappa shape index (κ3) is 2.74. The summed E-state index contributed by atoms with van der Waals surface area (Å²) in [6.07, 6.45) is 1.81. The number of H-pyrrole nitrogens is 1. The molecule has 19 heavy (non-hydrogen) atoms. The first-order valence-corrected chi connectivity index (χ1v) is 7.00. The van der Waals surface area contributed by atoms with Gasteiger partial charge in [0.1, 0.15) is 0 Å². The van der Waals surface area contributed by atoms with Gasteiger partial charge in [-0.3, -0.25) is 5.10 Å². The van der Waals surface area contributed by atoms with Gasteiger partial charge in [0.2, 0.25) is 0 Å². The summed E-state index contributed by atoms with van der Waals surface area (Å²) < 4.78 is 1.03. The van der Waals surface area contributed by atoms with Crippen molar-refractivity contribution >= 4 is 44.1 Å². The average Bonchev–Trinajstić information content (AvgIpc) is 2.87. The van der Waals surface area contributed by atoms with Gasteiger partial charge in [0.25, 0.3) is 0 Å². The topological polar surface area (TPSA) is 40.7 Å². The number of benzene rings is 2. The van der Waals surface area contributed by atoms with Gasteiger partial charge >= 0.3 is 0 Å². The number of hydrogen-bond acceptors (Lipinski definition) is 2. The van der Waals surface area contributed by atoms with Crippen LogP contribution in [-0.2, 0) is 6.54 Å². The fraction of sp³-hybridized carbons (Fsp3) is 0.0714. The average molecular weight is 337 g/mol. The first-order valence-electron chi connectivity index (χ1n) is 5.83. The standard InChI is InChI=1S/C14H11BrClN3/c15-11-2-4-13(16)10(5-11)7-17-12-3-1-9-8-18-19-14(9)6-12/h1-6,8,17H,7H2,(H,18,19). The van der Waals surface area contributed by atoms with E-state index in [4.69, 9.17) is 11.6 Å². The molecule has 0 aliphatic rings. The second-order valence-corrected chi connectivity index (χ2v) is 5.58. The minimum Gasteiger partial charge on any atom is -0.381 e. The third-order valence-electron chi connectivity index (χ3n) is 2.93. The molecule has 0 spiro atoms. The lowest BCUT2D eigenvalue weighted by molar-refractivity contribution is 1.12. The van der Waals surface area contributed by atoms with Gasteiger partial charge in [0, 0.05) is 27.1 Å². The van der Waals surface area contributed by atoms with Crippen molar-refractivity contribution in [1.29, 1.82) is 0 Å². The molecule has 0 saturated heterocycles. The fourth-order valence-electron chi connectivity index (χ4n) is 1.92. The molecule has 96 valence electrons. The molecule has 3 rings (SSSR count). The van der Waals surface area contributed by atoms with E-state index in [0.717, 1.165) is 31.6 Å². The highest BCUT2D eigenvalue weighted by molar-refractivity contribution is 9.10. The molecule has 0 saturated carbocycles. The van der Waals surface area contributed by atoms with E-state index in [2.05, 4.69) is 31.4 Å². The largest absolute Gasteiger partial charge is 0.381 e. The van der Waals surface area contributed by atoms with E-state index in [1.807, 2.05) is 42.6 Å². The molecule has 1 heterocycles. The predicted octanol–water partition coefficient (Wildman–Crippen LogP) is 4.59. The van der Waals surface area contributed by atoms with Gasteiger partial charge in [0.15, 0.2) is 0 Å². The highest BCUT2D eigenvalue weighted by atomic mass is 79.9. The van der Waals surface area contributed by atoms with Crippen LogP contribution < -0.4 is 5.32 Å². The Balaban J connectivity index is 1.79. The number of anilines is 1. The third-order valence-corrected chi connectivity index (χ3v) is 3.79. The number of rotatable bonds is 3. The molecule has 5 heteroatoms. The van der Waals surface area contributed by atoms with Gasteiger partial charge in [-0.05, 0) is 42.0 Å². The smallest absolute Gasteiger partial charge is 0.0670 e. The van der Waals surface area contributed by atoms with Crippen LogP contribution in [0.3, 0.4) is 0 Å². The van der Waals surface area contributed by atoms with Gasteiger partial charge in [-0.2, -0.15) is 5.10 Å². The van der Waals surface area contributed by atoms with E-state index in [-0.39, 0.29) is 0 Å². The Morgan fingerprint density at radius 3 is 3.00 bits per heavy atom. The van der Waals surface area contributed by atoms with Crippen molar-refractivity contribution in [1.82, 2.24) is 10.2 Å². The van der Waals surface area contributed by atoms with Crippen molar-refractivity contribution in [3.63, 3.8) is 0 Å². The lowest BCUT2D eigenvalue weighted by Gasteiger charge is -2.08. The van der Waals surface area contributed by atoms with E-state index < -0.39 is 0 Å². The summed E-state index contributed by atoms with van der Waals surface area (Å²) in [7, 11) is 0. The summed E-state index contributed by atoms with van der Waals surface area (Å²) in [6.45, 7) is 0.678. The number of aromatic nitrogens is 2. The van der Waals surface area contributed by atoms with Gasteiger partial charge in [-0.15, -0.1) is 0 Å². The van der Waals surface area contributed by atoms with Crippen LogP contribution in [0.2, 0.25) is 5.02 Å². The lowest BCUT2D eigenvalue weighted by atomic mass is 10.2. The second-order valence-electron chi connectivity index (χ2n) is 4.26. The summed E-state index contributed by atoms with van der Waals surface area (Å²) in [5.74, 6) is 0. The minimum absolute atomic E-state index is 0.678. The normalized spacial score (nSPS) is 10.8. The molecule has 0 fully saturated rings. The molecule has 0 aliphatic carbocycles. The molecule has 3 aromatic rings. The zero-order valence-corrected chi connectivity index (χ0v) is 12.3. The predicted molar refractivity (Wildman–Crippen MR) is 82.6 cm³/mol. The van der Waals surface area contributed by atoms with Crippen LogP contribution in [0.4, 0.5) is 5.69 Å². The van der Waals surface area contributed by atoms with Crippen molar-refractivity contribution in [2.45, 2.75) is 6.54 Å². The van der Waals surface area contributed by atoms with Crippen molar-refractivity contribution in [3.05, 3.63) is 57.7 Å². The number of aromatic amines is 1. The molecule has 2 N–H and O–H groups in total. The van der Waals surface area contributed by atoms with E-state index in [1.165, 1.54) is 0 Å². The molecule has 0 amide bonds. The van der Waals surface area contributed by atoms with E-state index >= 15 is 0 Å². The Labute approximate surface area is 124 Å². The van der Waals surface area contributed by atoms with Crippen molar-refractivity contribution in [2.24, 2.45) is 0 Å². The van der Waals surface area contributed by atoms with Gasteiger partial charge in [-0.1, -0.05) is 27.5 Å². The number of fused-ring (bicyclic) bond motifs is 1. The molecule has 2 aromatic carbocycles. The number of halogens is 2. The maximum Gasteiger partial charge on any atom is 0.0670 e. The Morgan fingerprint density at radius 2 is 2.11 bits per heavy atom. The van der Waals surface area contributed by atoms with Crippen LogP contribution in [-0.4, -0.2) is 10.2 Å². The Morgan fingerprint density at radius 1 is 1.21 bits per heavy atom. The maximum atomic E-state index is 6.16. The zero-order chi connectivity index (χ0) is 13.2. The van der Waals surface area contributed by atoms with Crippen LogP contribution in [0.25, 0.3) is 10.9 Å². The van der Waals surface area contributed by atoms with Crippen LogP contribution in [0, 0.1) is 0 Å². The fourth-order valence-corrected chi connectivity index (χ4v) is 2.52. The molecular weight excluding hydrogens is 326 g/mol. The molecule has 0 unspecified atom stereocenters. The number of nitrogens with zero attached hydrogens (tertiary/aromatic N) is 1. The van der Waals surface area contributed by atoms with Gasteiger partial charge in [-0.25, -0.2) is 0 Å². The molecule has 0 aliphatic heterocycles. The highest BCUT2D eigenvalue weighted by Crippen LogP contribution is 2.23. The van der Waals surface area contributed by atoms with Crippen molar-refractivity contribution < 1.29 is 0 Å². The highest BCUT2D eigenvalue weighted by Gasteiger charge is 2.02. The Hall–Kier alpha value is -1.52. The van der Waals surface area contributed by atoms with Gasteiger partial charge in [0.05, 0.1) is 11.7 Å². The Kier molecular flexibility index (Phi) is 3.44. The minimum atomic E-state index is 0.678. The van der Waals surface area contributed by atoms with Crippen molar-refractivity contribution in [2.75, 3.05) is 5.32 Å². The monoisotopic (exact) mass is 335 g/mol. The Bertz CT molecular complexity index is 724. The molecular formula is C14H11BrClN3. The maximum absolute atomic E-state index is 6.16. The van der Waals surface area contributed by atoms with Crippen molar-refractivity contribution in [3.8, 4) is 0 Å². The summed E-state index contributed by atoms with van der Waals surface area (Å²) >= 11 is 9.61. The first kappa shape index (κ1) is 12.5. The van der Waals surface area contributed by atoms with Crippen LogP contribution in [0.1, 0.15) is 5.56 Å². The molecule has 3 nitrogen and oxygen atoms in total. The SMILES string of the molecule is Clc1ccc(Br)cc1CNc1ccc2cn[nH]c2c1.